The van der Waals surface area contributed by atoms with Crippen molar-refractivity contribution < 1.29 is 19.1 Å². The zero-order chi connectivity index (χ0) is 14.3. The Hall–Kier alpha value is -0.770. The Morgan fingerprint density at radius 1 is 0.842 bits per heavy atom. The van der Waals surface area contributed by atoms with Gasteiger partial charge in [0.15, 0.2) is 0 Å². The van der Waals surface area contributed by atoms with Crippen molar-refractivity contribution in [2.24, 2.45) is 0 Å². The molecule has 0 bridgehead atoms. The first kappa shape index (κ1) is 18.2. The monoisotopic (exact) mass is 292 g/mol. The van der Waals surface area contributed by atoms with Crippen molar-refractivity contribution >= 4 is 23.5 Å². The molecule has 0 fully saturated rings. The summed E-state index contributed by atoms with van der Waals surface area (Å²) < 4.78 is 9.75. The molecule has 0 aromatic rings. The smallest absolute Gasteiger partial charge is 0.317 e. The molecule has 0 atom stereocenters. The maximum Gasteiger partial charge on any atom is 0.317 e. The molecule has 0 aromatic carbocycles. The fraction of sp³-hybridized carbons (Fsp3) is 0.857. The van der Waals surface area contributed by atoms with Crippen LogP contribution in [-0.4, -0.2) is 31.0 Å². The molecule has 0 saturated heterocycles. The Balaban J connectivity index is 3.31. The third-order valence-corrected chi connectivity index (χ3v) is 2.81. The molecule has 0 rings (SSSR count). The van der Waals surface area contributed by atoms with Gasteiger partial charge >= 0.3 is 11.9 Å². The van der Waals surface area contributed by atoms with Crippen LogP contribution >= 0.6 is 11.6 Å². The number of ether oxygens (including phenoxy) is 2. The van der Waals surface area contributed by atoms with E-state index >= 15 is 0 Å². The highest BCUT2D eigenvalue weighted by atomic mass is 35.5. The molecule has 0 aliphatic carbocycles. The van der Waals surface area contributed by atoms with Crippen LogP contribution in [0.3, 0.4) is 0 Å². The molecule has 0 spiro atoms. The summed E-state index contributed by atoms with van der Waals surface area (Å²) in [5, 5.41) is 0. The summed E-state index contributed by atoms with van der Waals surface area (Å²) in [6, 6.07) is 0. The number of hydrogen-bond acceptors (Lipinski definition) is 4. The topological polar surface area (TPSA) is 52.6 Å². The Bertz CT molecular complexity index is 244. The lowest BCUT2D eigenvalue weighted by Gasteiger charge is -2.05. The van der Waals surface area contributed by atoms with E-state index in [2.05, 4.69) is 0 Å². The van der Waals surface area contributed by atoms with Crippen LogP contribution in [0.5, 0.6) is 0 Å². The number of rotatable bonds is 12. The number of halogens is 1. The highest BCUT2D eigenvalue weighted by Crippen LogP contribution is 2.06. The van der Waals surface area contributed by atoms with Gasteiger partial charge in [0, 0.05) is 5.88 Å². The minimum atomic E-state index is -0.507. The summed E-state index contributed by atoms with van der Waals surface area (Å²) in [6.07, 6.45) is 6.88. The van der Waals surface area contributed by atoms with Crippen molar-refractivity contribution in [3.63, 3.8) is 0 Å². The Morgan fingerprint density at radius 3 is 1.95 bits per heavy atom. The molecular formula is C14H25ClO4. The molecule has 0 aliphatic heterocycles. The Morgan fingerprint density at radius 2 is 1.37 bits per heavy atom. The van der Waals surface area contributed by atoms with E-state index in [9.17, 15) is 9.59 Å². The molecule has 4 nitrogen and oxygen atoms in total. The number of esters is 2. The quantitative estimate of drug-likeness (QED) is 0.239. The standard InChI is InChI=1S/C14H25ClO4/c1-2-10-18-13(16)12-14(17)19-11-8-6-4-3-5-7-9-15/h2-12H2,1H3. The highest BCUT2D eigenvalue weighted by Gasteiger charge is 2.11. The molecule has 0 radical (unpaired) electrons. The molecule has 5 heteroatoms. The normalized spacial score (nSPS) is 10.2. The van der Waals surface area contributed by atoms with E-state index < -0.39 is 11.9 Å². The van der Waals surface area contributed by atoms with Gasteiger partial charge in [0.05, 0.1) is 13.2 Å². The number of hydrogen-bond donors (Lipinski definition) is 0. The molecule has 19 heavy (non-hydrogen) atoms. The van der Waals surface area contributed by atoms with Gasteiger partial charge in [0.25, 0.3) is 0 Å². The fourth-order valence-electron chi connectivity index (χ4n) is 1.53. The van der Waals surface area contributed by atoms with Crippen LogP contribution in [0.2, 0.25) is 0 Å². The molecule has 0 saturated carbocycles. The lowest BCUT2D eigenvalue weighted by atomic mass is 10.1. The van der Waals surface area contributed by atoms with Gasteiger partial charge in [-0.25, -0.2) is 0 Å². The van der Waals surface area contributed by atoms with E-state index in [0.717, 1.165) is 44.4 Å². The first-order valence-electron chi connectivity index (χ1n) is 7.08. The average Bonchev–Trinajstić information content (AvgIpc) is 2.39. The predicted molar refractivity (Wildman–Crippen MR) is 75.2 cm³/mol. The summed E-state index contributed by atoms with van der Waals surface area (Å²) in [4.78, 5) is 22.4. The van der Waals surface area contributed by atoms with Crippen LogP contribution < -0.4 is 0 Å². The van der Waals surface area contributed by atoms with Crippen molar-refractivity contribution in [1.82, 2.24) is 0 Å². The highest BCUT2D eigenvalue weighted by molar-refractivity contribution is 6.17. The minimum absolute atomic E-state index is 0.282. The first-order chi connectivity index (χ1) is 9.20. The maximum absolute atomic E-state index is 11.3. The second-order valence-electron chi connectivity index (χ2n) is 4.43. The summed E-state index contributed by atoms with van der Waals surface area (Å²) in [6.45, 7) is 2.64. The fourth-order valence-corrected chi connectivity index (χ4v) is 1.71. The number of unbranched alkanes of at least 4 members (excludes halogenated alkanes) is 5. The number of alkyl halides is 1. The lowest BCUT2D eigenvalue weighted by Crippen LogP contribution is -2.14. The Kier molecular flexibility index (Phi) is 13.1. The molecule has 0 heterocycles. The summed E-state index contributed by atoms with van der Waals surface area (Å²) >= 11 is 5.58. The minimum Gasteiger partial charge on any atom is -0.465 e. The summed E-state index contributed by atoms with van der Waals surface area (Å²) in [7, 11) is 0. The van der Waals surface area contributed by atoms with Crippen molar-refractivity contribution in [2.45, 2.75) is 58.3 Å². The van der Waals surface area contributed by atoms with Gasteiger partial charge in [-0.15, -0.1) is 11.6 Å². The van der Waals surface area contributed by atoms with E-state index in [0.29, 0.717) is 13.2 Å². The number of carbonyl (C=O) groups is 2. The van der Waals surface area contributed by atoms with Crippen LogP contribution in [-0.2, 0) is 19.1 Å². The van der Waals surface area contributed by atoms with Crippen LogP contribution in [0.1, 0.15) is 58.3 Å². The van der Waals surface area contributed by atoms with E-state index in [-0.39, 0.29) is 6.42 Å². The molecule has 112 valence electrons. The van der Waals surface area contributed by atoms with Gasteiger partial charge < -0.3 is 9.47 Å². The van der Waals surface area contributed by atoms with E-state index in [1.165, 1.54) is 6.42 Å². The van der Waals surface area contributed by atoms with Gasteiger partial charge in [0.1, 0.15) is 6.42 Å². The molecule has 0 N–H and O–H groups in total. The third kappa shape index (κ3) is 13.5. The van der Waals surface area contributed by atoms with Gasteiger partial charge in [-0.2, -0.15) is 0 Å². The van der Waals surface area contributed by atoms with Gasteiger partial charge in [-0.1, -0.05) is 32.6 Å². The van der Waals surface area contributed by atoms with Crippen LogP contribution in [0.4, 0.5) is 0 Å². The Labute approximate surface area is 120 Å². The second kappa shape index (κ2) is 13.7. The van der Waals surface area contributed by atoms with E-state index in [4.69, 9.17) is 21.1 Å². The van der Waals surface area contributed by atoms with Crippen molar-refractivity contribution in [1.29, 1.82) is 0 Å². The zero-order valence-corrected chi connectivity index (χ0v) is 12.5. The van der Waals surface area contributed by atoms with E-state index in [1.807, 2.05) is 6.92 Å². The largest absolute Gasteiger partial charge is 0.465 e. The number of carbonyl (C=O) groups excluding carboxylic acids is 2. The van der Waals surface area contributed by atoms with Crippen molar-refractivity contribution in [3.8, 4) is 0 Å². The maximum atomic E-state index is 11.3. The van der Waals surface area contributed by atoms with Crippen molar-refractivity contribution in [2.75, 3.05) is 19.1 Å². The molecular weight excluding hydrogens is 268 g/mol. The van der Waals surface area contributed by atoms with Gasteiger partial charge in [-0.05, 0) is 19.3 Å². The molecule has 0 aromatic heterocycles. The van der Waals surface area contributed by atoms with Crippen LogP contribution in [0.25, 0.3) is 0 Å². The van der Waals surface area contributed by atoms with E-state index in [1.54, 1.807) is 0 Å². The zero-order valence-electron chi connectivity index (χ0n) is 11.8. The first-order valence-corrected chi connectivity index (χ1v) is 7.61. The second-order valence-corrected chi connectivity index (χ2v) is 4.81. The average molecular weight is 293 g/mol. The lowest BCUT2D eigenvalue weighted by molar-refractivity contribution is -0.154. The van der Waals surface area contributed by atoms with Crippen molar-refractivity contribution in [3.05, 3.63) is 0 Å². The summed E-state index contributed by atoms with van der Waals surface area (Å²) in [5.41, 5.74) is 0. The molecule has 0 amide bonds. The third-order valence-electron chi connectivity index (χ3n) is 2.55. The van der Waals surface area contributed by atoms with Crippen LogP contribution in [0, 0.1) is 0 Å². The SMILES string of the molecule is CCCOC(=O)CC(=O)OCCCCCCCCCl. The predicted octanol–water partition coefficient (Wildman–Crippen LogP) is 3.45. The molecule has 0 aliphatic rings. The van der Waals surface area contributed by atoms with Crippen LogP contribution in [0.15, 0.2) is 0 Å². The molecule has 0 unspecified atom stereocenters. The van der Waals surface area contributed by atoms with Gasteiger partial charge in [-0.3, -0.25) is 9.59 Å². The van der Waals surface area contributed by atoms with Gasteiger partial charge in [0.2, 0.25) is 0 Å². The summed E-state index contributed by atoms with van der Waals surface area (Å²) in [5.74, 6) is -0.276.